The van der Waals surface area contributed by atoms with E-state index in [1.165, 1.54) is 0 Å². The topological polar surface area (TPSA) is 71.7 Å². The third-order valence-corrected chi connectivity index (χ3v) is 3.37. The molecule has 1 aromatic heterocycles. The molecular weight excluding hydrogens is 282 g/mol. The van der Waals surface area contributed by atoms with Gasteiger partial charge >= 0.3 is 0 Å². The minimum absolute atomic E-state index is 0.0687. The van der Waals surface area contributed by atoms with E-state index < -0.39 is 6.10 Å². The molecule has 118 valence electrons. The Labute approximate surface area is 129 Å². The Morgan fingerprint density at radius 1 is 1.32 bits per heavy atom. The van der Waals surface area contributed by atoms with Crippen LogP contribution in [0.4, 0.5) is 0 Å². The van der Waals surface area contributed by atoms with Gasteiger partial charge in [-0.1, -0.05) is 19.1 Å². The minimum atomic E-state index is -0.466. The van der Waals surface area contributed by atoms with Crippen molar-refractivity contribution in [2.24, 2.45) is 0 Å². The van der Waals surface area contributed by atoms with Crippen molar-refractivity contribution < 1.29 is 19.1 Å². The number of carbonyl (C=O) groups is 1. The molecule has 2 unspecified atom stereocenters. The molecule has 0 aliphatic heterocycles. The van der Waals surface area contributed by atoms with Crippen LogP contribution < -0.4 is 10.1 Å². The van der Waals surface area contributed by atoms with Crippen LogP contribution in [0.3, 0.4) is 0 Å². The summed E-state index contributed by atoms with van der Waals surface area (Å²) in [7, 11) is 0. The summed E-state index contributed by atoms with van der Waals surface area (Å²) < 4.78 is 10.7. The van der Waals surface area contributed by atoms with Gasteiger partial charge in [0, 0.05) is 0 Å². The number of amides is 1. The van der Waals surface area contributed by atoms with Gasteiger partial charge in [-0.05, 0) is 43.2 Å². The third-order valence-electron chi connectivity index (χ3n) is 3.37. The molecule has 0 saturated heterocycles. The van der Waals surface area contributed by atoms with Gasteiger partial charge in [0.2, 0.25) is 0 Å². The Bertz CT molecular complexity index is 577. The summed E-state index contributed by atoms with van der Waals surface area (Å²) >= 11 is 0. The van der Waals surface area contributed by atoms with Crippen molar-refractivity contribution in [3.05, 3.63) is 54.0 Å². The van der Waals surface area contributed by atoms with Gasteiger partial charge in [0.15, 0.2) is 6.61 Å². The number of ether oxygens (including phenoxy) is 1. The number of hydrogen-bond donors (Lipinski definition) is 2. The lowest BCUT2D eigenvalue weighted by molar-refractivity contribution is -0.123. The second-order valence-corrected chi connectivity index (χ2v) is 5.09. The first-order valence-electron chi connectivity index (χ1n) is 7.33. The van der Waals surface area contributed by atoms with Gasteiger partial charge in [0.25, 0.3) is 5.91 Å². The summed E-state index contributed by atoms with van der Waals surface area (Å²) in [5, 5.41) is 12.5. The van der Waals surface area contributed by atoms with Gasteiger partial charge in [-0.2, -0.15) is 0 Å². The average molecular weight is 303 g/mol. The highest BCUT2D eigenvalue weighted by Crippen LogP contribution is 2.19. The van der Waals surface area contributed by atoms with Gasteiger partial charge in [0.1, 0.15) is 11.5 Å². The van der Waals surface area contributed by atoms with Crippen LogP contribution in [0.15, 0.2) is 47.1 Å². The summed E-state index contributed by atoms with van der Waals surface area (Å²) in [6.45, 7) is 3.69. The third kappa shape index (κ3) is 4.36. The Morgan fingerprint density at radius 2 is 2.05 bits per heavy atom. The molecule has 0 saturated carbocycles. The molecule has 0 spiro atoms. The van der Waals surface area contributed by atoms with Crippen molar-refractivity contribution in [1.82, 2.24) is 5.32 Å². The van der Waals surface area contributed by atoms with Crippen LogP contribution in [-0.2, 0) is 4.79 Å². The summed E-state index contributed by atoms with van der Waals surface area (Å²) in [6.07, 6.45) is 1.76. The number of benzene rings is 1. The van der Waals surface area contributed by atoms with Crippen LogP contribution in [0.1, 0.15) is 43.7 Å². The zero-order valence-corrected chi connectivity index (χ0v) is 12.8. The molecule has 0 bridgehead atoms. The molecule has 1 aromatic carbocycles. The molecule has 1 amide bonds. The van der Waals surface area contributed by atoms with Crippen LogP contribution in [0.2, 0.25) is 0 Å². The molecule has 0 aliphatic carbocycles. The highest BCUT2D eigenvalue weighted by molar-refractivity contribution is 5.77. The number of aliphatic hydroxyl groups excluding tert-OH is 1. The first-order chi connectivity index (χ1) is 10.6. The molecule has 0 aliphatic rings. The molecule has 2 atom stereocenters. The van der Waals surface area contributed by atoms with Crippen LogP contribution in [0.5, 0.6) is 5.75 Å². The second-order valence-electron chi connectivity index (χ2n) is 5.09. The van der Waals surface area contributed by atoms with Gasteiger partial charge in [-0.3, -0.25) is 4.79 Å². The van der Waals surface area contributed by atoms with Crippen LogP contribution in [0, 0.1) is 0 Å². The van der Waals surface area contributed by atoms with Crippen molar-refractivity contribution in [1.29, 1.82) is 0 Å². The standard InChI is InChI=1S/C17H21NO4/c1-3-15(19)13-6-8-14(9-7-13)22-11-17(20)18-12(2)16-5-4-10-21-16/h4-10,12,15,19H,3,11H2,1-2H3,(H,18,20). The first kappa shape index (κ1) is 16.1. The normalized spacial score (nSPS) is 13.4. The maximum absolute atomic E-state index is 11.8. The van der Waals surface area contributed by atoms with Crippen molar-refractivity contribution in [2.75, 3.05) is 6.61 Å². The smallest absolute Gasteiger partial charge is 0.258 e. The Kier molecular flexibility index (Phi) is 5.61. The Balaban J connectivity index is 1.81. The Morgan fingerprint density at radius 3 is 2.64 bits per heavy atom. The van der Waals surface area contributed by atoms with Gasteiger partial charge in [-0.25, -0.2) is 0 Å². The van der Waals surface area contributed by atoms with E-state index >= 15 is 0 Å². The Hall–Kier alpha value is -2.27. The number of furan rings is 1. The zero-order chi connectivity index (χ0) is 15.9. The molecular formula is C17H21NO4. The molecule has 22 heavy (non-hydrogen) atoms. The van der Waals surface area contributed by atoms with E-state index in [1.54, 1.807) is 36.6 Å². The molecule has 2 N–H and O–H groups in total. The van der Waals surface area contributed by atoms with Crippen LogP contribution in [-0.4, -0.2) is 17.6 Å². The lowest BCUT2D eigenvalue weighted by atomic mass is 10.1. The van der Waals surface area contributed by atoms with Crippen LogP contribution in [0.25, 0.3) is 0 Å². The SMILES string of the molecule is CCC(O)c1ccc(OCC(=O)NC(C)c2ccco2)cc1. The molecule has 2 aromatic rings. The van der Waals surface area contributed by atoms with Crippen molar-refractivity contribution >= 4 is 5.91 Å². The minimum Gasteiger partial charge on any atom is -0.484 e. The highest BCUT2D eigenvalue weighted by Gasteiger charge is 2.12. The number of nitrogens with one attached hydrogen (secondary N) is 1. The van der Waals surface area contributed by atoms with E-state index in [-0.39, 0.29) is 18.6 Å². The predicted molar refractivity (Wildman–Crippen MR) is 82.5 cm³/mol. The monoisotopic (exact) mass is 303 g/mol. The zero-order valence-electron chi connectivity index (χ0n) is 12.8. The van der Waals surface area contributed by atoms with E-state index in [4.69, 9.17) is 9.15 Å². The summed E-state index contributed by atoms with van der Waals surface area (Å²) in [6, 6.07) is 10.5. The second kappa shape index (κ2) is 7.66. The lowest BCUT2D eigenvalue weighted by Crippen LogP contribution is -2.31. The number of carbonyl (C=O) groups excluding carboxylic acids is 1. The van der Waals surface area contributed by atoms with E-state index in [0.717, 1.165) is 5.56 Å². The van der Waals surface area contributed by atoms with E-state index in [1.807, 2.05) is 19.9 Å². The number of hydrogen-bond acceptors (Lipinski definition) is 4. The molecule has 5 nitrogen and oxygen atoms in total. The molecule has 1 heterocycles. The molecule has 0 fully saturated rings. The number of aliphatic hydroxyl groups is 1. The van der Waals surface area contributed by atoms with Gasteiger partial charge in [-0.15, -0.1) is 0 Å². The highest BCUT2D eigenvalue weighted by atomic mass is 16.5. The van der Waals surface area contributed by atoms with E-state index in [0.29, 0.717) is 17.9 Å². The van der Waals surface area contributed by atoms with Crippen molar-refractivity contribution in [3.8, 4) is 5.75 Å². The first-order valence-corrected chi connectivity index (χ1v) is 7.33. The molecule has 0 radical (unpaired) electrons. The quantitative estimate of drug-likeness (QED) is 0.825. The maximum atomic E-state index is 11.8. The fourth-order valence-electron chi connectivity index (χ4n) is 2.06. The molecule has 5 heteroatoms. The van der Waals surface area contributed by atoms with Crippen LogP contribution >= 0.6 is 0 Å². The fraction of sp³-hybridized carbons (Fsp3) is 0.353. The van der Waals surface area contributed by atoms with Crippen molar-refractivity contribution in [3.63, 3.8) is 0 Å². The number of rotatable bonds is 7. The van der Waals surface area contributed by atoms with Gasteiger partial charge in [0.05, 0.1) is 18.4 Å². The van der Waals surface area contributed by atoms with Crippen molar-refractivity contribution in [2.45, 2.75) is 32.4 Å². The summed E-state index contributed by atoms with van der Waals surface area (Å²) in [4.78, 5) is 11.8. The lowest BCUT2D eigenvalue weighted by Gasteiger charge is -2.13. The van der Waals surface area contributed by atoms with E-state index in [9.17, 15) is 9.90 Å². The largest absolute Gasteiger partial charge is 0.484 e. The molecule has 2 rings (SSSR count). The summed E-state index contributed by atoms with van der Waals surface area (Å²) in [5.41, 5.74) is 0.839. The fourth-order valence-corrected chi connectivity index (χ4v) is 2.06. The van der Waals surface area contributed by atoms with E-state index in [2.05, 4.69) is 5.32 Å². The summed E-state index contributed by atoms with van der Waals surface area (Å²) in [5.74, 6) is 1.07. The predicted octanol–water partition coefficient (Wildman–Crippen LogP) is 2.98. The maximum Gasteiger partial charge on any atom is 0.258 e. The van der Waals surface area contributed by atoms with Gasteiger partial charge < -0.3 is 19.6 Å². The average Bonchev–Trinajstić information content (AvgIpc) is 3.07.